The van der Waals surface area contributed by atoms with Gasteiger partial charge in [0.05, 0.1) is 6.54 Å². The number of nitrogens with zero attached hydrogens (tertiary/aromatic N) is 1. The van der Waals surface area contributed by atoms with Gasteiger partial charge in [-0.2, -0.15) is 0 Å². The van der Waals surface area contributed by atoms with E-state index in [0.717, 1.165) is 10.7 Å². The third-order valence-corrected chi connectivity index (χ3v) is 3.48. The van der Waals surface area contributed by atoms with Crippen molar-refractivity contribution < 1.29 is 18.3 Å². The number of ether oxygens (including phenoxy) is 2. The molecular weight excluding hydrogens is 274 g/mol. The van der Waals surface area contributed by atoms with Gasteiger partial charge in [0.25, 0.3) is 0 Å². The number of hydrogen-bond donors (Lipinski definition) is 1. The molecule has 1 aromatic heterocycles. The van der Waals surface area contributed by atoms with Crippen LogP contribution in [0.2, 0.25) is 0 Å². The first-order chi connectivity index (χ1) is 9.02. The number of aromatic nitrogens is 1. The molecule has 2 aromatic rings. The largest absolute Gasteiger partial charge is 0.586 e. The Morgan fingerprint density at radius 1 is 1.32 bits per heavy atom. The number of hydrogen-bond acceptors (Lipinski definition) is 5. The van der Waals surface area contributed by atoms with E-state index >= 15 is 0 Å². The van der Waals surface area contributed by atoms with E-state index in [1.165, 1.54) is 12.1 Å². The minimum atomic E-state index is -3.58. The molecule has 1 aromatic carbocycles. The predicted molar refractivity (Wildman–Crippen MR) is 66.8 cm³/mol. The molecule has 19 heavy (non-hydrogen) atoms. The molecule has 7 heteroatoms. The van der Waals surface area contributed by atoms with Gasteiger partial charge >= 0.3 is 6.29 Å². The number of rotatable bonds is 3. The number of fused-ring (bicyclic) bond motifs is 1. The van der Waals surface area contributed by atoms with Gasteiger partial charge in [0.15, 0.2) is 11.5 Å². The van der Waals surface area contributed by atoms with Crippen LogP contribution in [-0.2, 0) is 6.54 Å². The van der Waals surface area contributed by atoms with Gasteiger partial charge < -0.3 is 14.8 Å². The van der Waals surface area contributed by atoms with Crippen LogP contribution in [0.25, 0.3) is 0 Å². The number of halogens is 2. The van der Waals surface area contributed by atoms with E-state index in [-0.39, 0.29) is 11.5 Å². The monoisotopic (exact) mass is 284 g/mol. The molecule has 0 bridgehead atoms. The quantitative estimate of drug-likeness (QED) is 0.938. The topological polar surface area (TPSA) is 43.4 Å². The number of anilines is 1. The maximum Gasteiger partial charge on any atom is 0.586 e. The predicted octanol–water partition coefficient (Wildman–Crippen LogP) is 3.39. The SMILES string of the molecule is Cc1csc(CNc2ccc3c(c2)OC(F)(F)O3)n1. The first-order valence-electron chi connectivity index (χ1n) is 5.57. The van der Waals surface area contributed by atoms with Gasteiger partial charge in [-0.25, -0.2) is 4.98 Å². The summed E-state index contributed by atoms with van der Waals surface area (Å²) in [6.45, 7) is 2.46. The highest BCUT2D eigenvalue weighted by molar-refractivity contribution is 7.09. The zero-order chi connectivity index (χ0) is 13.5. The number of aryl methyl sites for hydroxylation is 1. The van der Waals surface area contributed by atoms with Gasteiger partial charge in [-0.05, 0) is 19.1 Å². The second-order valence-corrected chi connectivity index (χ2v) is 5.01. The molecule has 2 heterocycles. The molecule has 0 fully saturated rings. The van der Waals surface area contributed by atoms with Crippen LogP contribution in [0.15, 0.2) is 23.6 Å². The molecule has 3 rings (SSSR count). The van der Waals surface area contributed by atoms with Crippen molar-refractivity contribution in [1.29, 1.82) is 0 Å². The molecule has 0 aliphatic carbocycles. The average molecular weight is 284 g/mol. The molecule has 100 valence electrons. The fraction of sp³-hybridized carbons (Fsp3) is 0.250. The van der Waals surface area contributed by atoms with Gasteiger partial charge in [0.2, 0.25) is 0 Å². The lowest BCUT2D eigenvalue weighted by molar-refractivity contribution is -0.286. The smallest absolute Gasteiger partial charge is 0.395 e. The first kappa shape index (κ1) is 12.2. The van der Waals surface area contributed by atoms with Gasteiger partial charge in [0.1, 0.15) is 5.01 Å². The lowest BCUT2D eigenvalue weighted by Crippen LogP contribution is -2.25. The Kier molecular flexibility index (Phi) is 2.78. The summed E-state index contributed by atoms with van der Waals surface area (Å²) in [6, 6.07) is 4.59. The summed E-state index contributed by atoms with van der Waals surface area (Å²) in [4.78, 5) is 4.30. The lowest BCUT2D eigenvalue weighted by Gasteiger charge is -2.05. The van der Waals surface area contributed by atoms with Crippen molar-refractivity contribution in [2.24, 2.45) is 0 Å². The van der Waals surface area contributed by atoms with Crippen molar-refractivity contribution in [1.82, 2.24) is 4.98 Å². The van der Waals surface area contributed by atoms with Crippen LogP contribution in [0, 0.1) is 6.92 Å². The molecule has 0 radical (unpaired) electrons. The van der Waals surface area contributed by atoms with Crippen LogP contribution in [0.3, 0.4) is 0 Å². The summed E-state index contributed by atoms with van der Waals surface area (Å²) in [7, 11) is 0. The zero-order valence-corrected chi connectivity index (χ0v) is 10.8. The van der Waals surface area contributed by atoms with Crippen molar-refractivity contribution >= 4 is 17.0 Å². The Hall–Kier alpha value is -1.89. The van der Waals surface area contributed by atoms with Gasteiger partial charge in [-0.15, -0.1) is 20.1 Å². The van der Waals surface area contributed by atoms with Gasteiger partial charge in [-0.3, -0.25) is 0 Å². The van der Waals surface area contributed by atoms with Crippen LogP contribution in [-0.4, -0.2) is 11.3 Å². The van der Waals surface area contributed by atoms with Crippen molar-refractivity contribution in [2.45, 2.75) is 19.8 Å². The molecule has 0 amide bonds. The lowest BCUT2D eigenvalue weighted by atomic mass is 10.3. The summed E-state index contributed by atoms with van der Waals surface area (Å²) in [5.74, 6) is 0.0750. The Morgan fingerprint density at radius 3 is 2.84 bits per heavy atom. The maximum atomic E-state index is 12.8. The van der Waals surface area contributed by atoms with E-state index < -0.39 is 6.29 Å². The molecular formula is C12H10F2N2O2S. The van der Waals surface area contributed by atoms with E-state index in [4.69, 9.17) is 0 Å². The molecule has 0 saturated carbocycles. The Bertz CT molecular complexity index is 616. The van der Waals surface area contributed by atoms with Crippen LogP contribution in [0.1, 0.15) is 10.7 Å². The minimum Gasteiger partial charge on any atom is -0.395 e. The summed E-state index contributed by atoms with van der Waals surface area (Å²) in [6.07, 6.45) is -3.58. The van der Waals surface area contributed by atoms with Crippen LogP contribution >= 0.6 is 11.3 Å². The van der Waals surface area contributed by atoms with E-state index in [0.29, 0.717) is 12.2 Å². The normalized spacial score (nSPS) is 15.5. The summed E-state index contributed by atoms with van der Waals surface area (Å²) in [5, 5.41) is 5.99. The van der Waals surface area contributed by atoms with E-state index in [1.807, 2.05) is 12.3 Å². The summed E-state index contributed by atoms with van der Waals surface area (Å²) < 4.78 is 34.4. The van der Waals surface area contributed by atoms with Crippen LogP contribution in [0.4, 0.5) is 14.5 Å². The van der Waals surface area contributed by atoms with Crippen molar-refractivity contribution in [2.75, 3.05) is 5.32 Å². The number of alkyl halides is 2. The second-order valence-electron chi connectivity index (χ2n) is 4.07. The molecule has 0 spiro atoms. The number of thiazole rings is 1. The third kappa shape index (κ3) is 2.60. The highest BCUT2D eigenvalue weighted by atomic mass is 32.1. The second kappa shape index (κ2) is 4.34. The Morgan fingerprint density at radius 2 is 2.11 bits per heavy atom. The zero-order valence-electron chi connectivity index (χ0n) is 9.94. The minimum absolute atomic E-state index is 0.0327. The number of nitrogens with one attached hydrogen (secondary N) is 1. The fourth-order valence-electron chi connectivity index (χ4n) is 1.72. The summed E-state index contributed by atoms with van der Waals surface area (Å²) in [5.41, 5.74) is 1.64. The summed E-state index contributed by atoms with van der Waals surface area (Å²) >= 11 is 1.54. The maximum absolute atomic E-state index is 12.8. The highest BCUT2D eigenvalue weighted by Crippen LogP contribution is 2.42. The highest BCUT2D eigenvalue weighted by Gasteiger charge is 2.43. The van der Waals surface area contributed by atoms with Crippen molar-refractivity contribution in [3.05, 3.63) is 34.3 Å². The van der Waals surface area contributed by atoms with E-state index in [9.17, 15) is 8.78 Å². The van der Waals surface area contributed by atoms with Gasteiger partial charge in [-0.1, -0.05) is 0 Å². The first-order valence-corrected chi connectivity index (χ1v) is 6.44. The van der Waals surface area contributed by atoms with Crippen molar-refractivity contribution in [3.8, 4) is 11.5 Å². The van der Waals surface area contributed by atoms with Gasteiger partial charge in [0, 0.05) is 22.8 Å². The third-order valence-electron chi connectivity index (χ3n) is 2.51. The molecule has 0 unspecified atom stereocenters. The van der Waals surface area contributed by atoms with E-state index in [2.05, 4.69) is 19.8 Å². The molecule has 0 atom stereocenters. The number of benzene rings is 1. The molecule has 0 saturated heterocycles. The fourth-order valence-corrected chi connectivity index (χ4v) is 2.43. The molecule has 1 N–H and O–H groups in total. The van der Waals surface area contributed by atoms with Crippen molar-refractivity contribution in [3.63, 3.8) is 0 Å². The standard InChI is InChI=1S/C12H10F2N2O2S/c1-7-6-19-11(16-7)5-15-8-2-3-9-10(4-8)18-12(13,14)17-9/h2-4,6,15H,5H2,1H3. The molecule has 1 aliphatic rings. The van der Waals surface area contributed by atoms with Crippen LogP contribution in [0.5, 0.6) is 11.5 Å². The van der Waals surface area contributed by atoms with Crippen LogP contribution < -0.4 is 14.8 Å². The molecule has 1 aliphatic heterocycles. The Balaban J connectivity index is 1.70. The Labute approximate surface area is 112 Å². The molecule has 4 nitrogen and oxygen atoms in total. The van der Waals surface area contributed by atoms with E-state index in [1.54, 1.807) is 17.4 Å². The average Bonchev–Trinajstić information content (AvgIpc) is 2.87.